The lowest BCUT2D eigenvalue weighted by atomic mass is 9.93. The van der Waals surface area contributed by atoms with Crippen molar-refractivity contribution in [1.82, 2.24) is 4.98 Å². The summed E-state index contributed by atoms with van der Waals surface area (Å²) < 4.78 is 0. The number of hydrogen-bond acceptors (Lipinski definition) is 5. The highest BCUT2D eigenvalue weighted by Crippen LogP contribution is 2.27. The summed E-state index contributed by atoms with van der Waals surface area (Å²) in [7, 11) is 0. The minimum absolute atomic E-state index is 0.202. The first-order chi connectivity index (χ1) is 9.47. The molecule has 1 aliphatic heterocycles. The number of piperidine rings is 1. The third-order valence-corrected chi connectivity index (χ3v) is 3.56. The van der Waals surface area contributed by atoms with Gasteiger partial charge in [0.1, 0.15) is 5.69 Å². The summed E-state index contributed by atoms with van der Waals surface area (Å²) in [5, 5.41) is 0. The molecule has 0 aliphatic carbocycles. The number of amides is 2. The van der Waals surface area contributed by atoms with Crippen LogP contribution in [0, 0.1) is 5.92 Å². The lowest BCUT2D eigenvalue weighted by Crippen LogP contribution is -2.36. The molecule has 0 atom stereocenters. The van der Waals surface area contributed by atoms with Crippen LogP contribution in [-0.4, -0.2) is 29.9 Å². The third-order valence-electron chi connectivity index (χ3n) is 3.56. The topological polar surface area (TPSA) is 128 Å². The zero-order valence-electron chi connectivity index (χ0n) is 11.2. The number of rotatable bonds is 4. The molecule has 108 valence electrons. The molecule has 1 saturated heterocycles. The van der Waals surface area contributed by atoms with Crippen LogP contribution in [0.15, 0.2) is 12.1 Å². The number of primary amides is 2. The molecule has 20 heavy (non-hydrogen) atoms. The fourth-order valence-electron chi connectivity index (χ4n) is 2.48. The second-order valence-electron chi connectivity index (χ2n) is 5.07. The van der Waals surface area contributed by atoms with Gasteiger partial charge in [0.15, 0.2) is 5.82 Å². The molecule has 0 radical (unpaired) electrons. The first-order valence-corrected chi connectivity index (χ1v) is 6.57. The highest BCUT2D eigenvalue weighted by Gasteiger charge is 2.23. The molecule has 7 heteroatoms. The van der Waals surface area contributed by atoms with Gasteiger partial charge in [-0.1, -0.05) is 0 Å². The molecule has 1 aromatic heterocycles. The molecule has 2 rings (SSSR count). The number of hydrogen-bond donors (Lipinski definition) is 3. The van der Waals surface area contributed by atoms with Gasteiger partial charge in [-0.25, -0.2) is 4.98 Å². The fourth-order valence-corrected chi connectivity index (χ4v) is 2.48. The van der Waals surface area contributed by atoms with E-state index < -0.39 is 5.91 Å². The maximum atomic E-state index is 11.2. The summed E-state index contributed by atoms with van der Waals surface area (Å²) in [6.07, 6.45) is 2.12. The van der Waals surface area contributed by atoms with Crippen molar-refractivity contribution in [1.29, 1.82) is 0 Å². The normalized spacial score (nSPS) is 16.1. The SMILES string of the molecule is NC(=O)CC1CCN(c2nc(C(N)=O)ccc2N)CC1. The summed E-state index contributed by atoms with van der Waals surface area (Å²) in [4.78, 5) is 28.3. The smallest absolute Gasteiger partial charge is 0.267 e. The summed E-state index contributed by atoms with van der Waals surface area (Å²) in [6, 6.07) is 3.15. The molecule has 0 aromatic carbocycles. The minimum atomic E-state index is -0.574. The molecule has 2 heterocycles. The van der Waals surface area contributed by atoms with Crippen molar-refractivity contribution in [3.8, 4) is 0 Å². The van der Waals surface area contributed by atoms with Gasteiger partial charge in [0.2, 0.25) is 5.91 Å². The van der Waals surface area contributed by atoms with E-state index in [1.165, 1.54) is 6.07 Å². The van der Waals surface area contributed by atoms with E-state index in [-0.39, 0.29) is 11.6 Å². The van der Waals surface area contributed by atoms with Crippen molar-refractivity contribution in [3.05, 3.63) is 17.8 Å². The zero-order chi connectivity index (χ0) is 14.7. The van der Waals surface area contributed by atoms with E-state index in [1.807, 2.05) is 4.90 Å². The van der Waals surface area contributed by atoms with Crippen molar-refractivity contribution < 1.29 is 9.59 Å². The first-order valence-electron chi connectivity index (χ1n) is 6.57. The lowest BCUT2D eigenvalue weighted by Gasteiger charge is -2.33. The fraction of sp³-hybridized carbons (Fsp3) is 0.462. The largest absolute Gasteiger partial charge is 0.396 e. The lowest BCUT2D eigenvalue weighted by molar-refractivity contribution is -0.119. The molecule has 0 unspecified atom stereocenters. The highest BCUT2D eigenvalue weighted by molar-refractivity contribution is 5.91. The number of nitrogens with zero attached hydrogens (tertiary/aromatic N) is 2. The zero-order valence-corrected chi connectivity index (χ0v) is 11.2. The van der Waals surface area contributed by atoms with Crippen molar-refractivity contribution in [2.75, 3.05) is 23.7 Å². The van der Waals surface area contributed by atoms with Crippen LogP contribution >= 0.6 is 0 Å². The molecule has 0 bridgehead atoms. The Bertz CT molecular complexity index is 523. The highest BCUT2D eigenvalue weighted by atomic mass is 16.1. The van der Waals surface area contributed by atoms with Crippen LogP contribution in [0.2, 0.25) is 0 Å². The van der Waals surface area contributed by atoms with E-state index in [0.717, 1.165) is 25.9 Å². The van der Waals surface area contributed by atoms with Crippen LogP contribution < -0.4 is 22.1 Å². The second kappa shape index (κ2) is 5.77. The predicted molar refractivity (Wildman–Crippen MR) is 75.9 cm³/mol. The molecule has 7 nitrogen and oxygen atoms in total. The number of nitrogens with two attached hydrogens (primary N) is 3. The average molecular weight is 277 g/mol. The van der Waals surface area contributed by atoms with Gasteiger partial charge in [0.25, 0.3) is 5.91 Å². The number of aromatic nitrogens is 1. The first kappa shape index (κ1) is 14.1. The van der Waals surface area contributed by atoms with Crippen molar-refractivity contribution in [2.24, 2.45) is 17.4 Å². The Kier molecular flexibility index (Phi) is 4.07. The molecule has 1 fully saturated rings. The number of pyridine rings is 1. The summed E-state index contributed by atoms with van der Waals surface area (Å²) in [5.41, 5.74) is 17.1. The Morgan fingerprint density at radius 3 is 2.45 bits per heavy atom. The Hall–Kier alpha value is -2.31. The van der Waals surface area contributed by atoms with E-state index >= 15 is 0 Å². The Labute approximate surface area is 117 Å². The van der Waals surface area contributed by atoms with E-state index in [0.29, 0.717) is 23.8 Å². The molecule has 1 aliphatic rings. The number of carbonyl (C=O) groups is 2. The molecular formula is C13H19N5O2. The van der Waals surface area contributed by atoms with Crippen LogP contribution in [0.3, 0.4) is 0 Å². The Balaban J connectivity index is 2.08. The quantitative estimate of drug-likeness (QED) is 0.705. The molecule has 0 saturated carbocycles. The van der Waals surface area contributed by atoms with Gasteiger partial charge >= 0.3 is 0 Å². The molecular weight excluding hydrogens is 258 g/mol. The van der Waals surface area contributed by atoms with Gasteiger partial charge in [0, 0.05) is 19.5 Å². The molecule has 1 aromatic rings. The van der Waals surface area contributed by atoms with Gasteiger partial charge in [0.05, 0.1) is 5.69 Å². The van der Waals surface area contributed by atoms with Crippen LogP contribution in [-0.2, 0) is 4.79 Å². The number of anilines is 2. The van der Waals surface area contributed by atoms with Crippen LogP contribution in [0.1, 0.15) is 29.8 Å². The van der Waals surface area contributed by atoms with E-state index in [2.05, 4.69) is 4.98 Å². The van der Waals surface area contributed by atoms with Crippen molar-refractivity contribution >= 4 is 23.3 Å². The van der Waals surface area contributed by atoms with Crippen molar-refractivity contribution in [2.45, 2.75) is 19.3 Å². The molecule has 6 N–H and O–H groups in total. The summed E-state index contributed by atoms with van der Waals surface area (Å²) in [6.45, 7) is 1.47. The van der Waals surface area contributed by atoms with Gasteiger partial charge < -0.3 is 22.1 Å². The van der Waals surface area contributed by atoms with Crippen LogP contribution in [0.4, 0.5) is 11.5 Å². The van der Waals surface area contributed by atoms with E-state index in [4.69, 9.17) is 17.2 Å². The average Bonchev–Trinajstić information content (AvgIpc) is 2.39. The Morgan fingerprint density at radius 1 is 1.25 bits per heavy atom. The third kappa shape index (κ3) is 3.17. The summed E-state index contributed by atoms with van der Waals surface area (Å²) in [5.74, 6) is 0.0507. The molecule has 2 amide bonds. The van der Waals surface area contributed by atoms with E-state index in [1.54, 1.807) is 6.07 Å². The predicted octanol–water partition coefficient (Wildman–Crippen LogP) is -0.145. The Morgan fingerprint density at radius 2 is 1.90 bits per heavy atom. The van der Waals surface area contributed by atoms with Crippen LogP contribution in [0.5, 0.6) is 0 Å². The van der Waals surface area contributed by atoms with E-state index in [9.17, 15) is 9.59 Å². The maximum Gasteiger partial charge on any atom is 0.267 e. The van der Waals surface area contributed by atoms with Gasteiger partial charge in [-0.3, -0.25) is 9.59 Å². The summed E-state index contributed by atoms with van der Waals surface area (Å²) >= 11 is 0. The maximum absolute atomic E-state index is 11.2. The minimum Gasteiger partial charge on any atom is -0.396 e. The van der Waals surface area contributed by atoms with Gasteiger partial charge in [-0.15, -0.1) is 0 Å². The molecule has 0 spiro atoms. The van der Waals surface area contributed by atoms with Gasteiger partial charge in [-0.2, -0.15) is 0 Å². The number of nitrogen functional groups attached to an aromatic ring is 1. The van der Waals surface area contributed by atoms with Crippen molar-refractivity contribution in [3.63, 3.8) is 0 Å². The standard InChI is InChI=1S/C13H19N5O2/c14-9-1-2-10(12(16)20)17-13(9)18-5-3-8(4-6-18)7-11(15)19/h1-2,8H,3-7,14H2,(H2,15,19)(H2,16,20). The number of carbonyl (C=O) groups excluding carboxylic acids is 2. The second-order valence-corrected chi connectivity index (χ2v) is 5.07. The monoisotopic (exact) mass is 277 g/mol. The van der Waals surface area contributed by atoms with Crippen LogP contribution in [0.25, 0.3) is 0 Å². The van der Waals surface area contributed by atoms with Gasteiger partial charge in [-0.05, 0) is 30.9 Å².